The van der Waals surface area contributed by atoms with Crippen LogP contribution in [0.3, 0.4) is 0 Å². The van der Waals surface area contributed by atoms with Gasteiger partial charge in [-0.1, -0.05) is 42.6 Å². The Balaban J connectivity index is 1.39. The molecule has 1 fully saturated rings. The summed E-state index contributed by atoms with van der Waals surface area (Å²) in [4.78, 5) is 47.3. The highest BCUT2D eigenvalue weighted by atomic mass is 35.5. The van der Waals surface area contributed by atoms with Crippen molar-refractivity contribution in [1.29, 1.82) is 0 Å². The Hall–Kier alpha value is -3.99. The molecule has 1 aliphatic carbocycles. The number of carbonyl (C=O) groups excluding carboxylic acids is 2. The van der Waals surface area contributed by atoms with E-state index in [1.54, 1.807) is 34.1 Å². The summed E-state index contributed by atoms with van der Waals surface area (Å²) in [6, 6.07) is 9.96. The molecule has 0 saturated heterocycles. The van der Waals surface area contributed by atoms with Gasteiger partial charge in [0, 0.05) is 42.8 Å². The second-order valence-electron chi connectivity index (χ2n) is 11.7. The molecule has 0 radical (unpaired) electrons. The van der Waals surface area contributed by atoms with Crippen molar-refractivity contribution in [2.24, 2.45) is 18.9 Å². The van der Waals surface area contributed by atoms with Crippen LogP contribution in [-0.2, 0) is 36.2 Å². The van der Waals surface area contributed by atoms with Crippen LogP contribution in [0.5, 0.6) is 5.75 Å². The monoisotopic (exact) mass is 626 g/mol. The number of aryl methyl sites for hydroxylation is 1. The molecule has 2 aromatic carbocycles. The number of imidazole rings is 1. The summed E-state index contributed by atoms with van der Waals surface area (Å²) in [5, 5.41) is 10.4. The summed E-state index contributed by atoms with van der Waals surface area (Å²) in [7, 11) is 1.49. The number of alkyl halides is 2. The minimum Gasteiger partial charge on any atom is -0.487 e. The fourth-order valence-electron chi connectivity index (χ4n) is 6.99. The van der Waals surface area contributed by atoms with Crippen LogP contribution in [0.15, 0.2) is 42.7 Å². The molecule has 1 aromatic heterocycles. The molecule has 44 heavy (non-hydrogen) atoms. The molecule has 2 unspecified atom stereocenters. The smallest absolute Gasteiger partial charge is 0.307 e. The average Bonchev–Trinajstić information content (AvgIpc) is 3.55. The Morgan fingerprint density at radius 1 is 1.14 bits per heavy atom. The van der Waals surface area contributed by atoms with Crippen LogP contribution in [-0.4, -0.2) is 55.3 Å². The lowest BCUT2D eigenvalue weighted by atomic mass is 9.77. The Morgan fingerprint density at radius 2 is 1.89 bits per heavy atom. The number of hydrogen-bond acceptors (Lipinski definition) is 5. The normalized spacial score (nSPS) is 21.4. The van der Waals surface area contributed by atoms with Gasteiger partial charge in [-0.3, -0.25) is 14.4 Å². The molecule has 6 rings (SSSR count). The van der Waals surface area contributed by atoms with Crippen LogP contribution in [0.2, 0.25) is 5.02 Å². The lowest BCUT2D eigenvalue weighted by molar-refractivity contribution is -0.153. The maximum atomic E-state index is 14.2. The molecule has 1 saturated carbocycles. The number of ether oxygens (including phenoxy) is 1. The van der Waals surface area contributed by atoms with Crippen molar-refractivity contribution >= 4 is 29.4 Å². The number of carboxylic acid groups (broad SMARTS) is 1. The van der Waals surface area contributed by atoms with Crippen LogP contribution >= 0.6 is 11.6 Å². The molecule has 1 N–H and O–H groups in total. The van der Waals surface area contributed by atoms with Gasteiger partial charge in [-0.2, -0.15) is 0 Å². The molecule has 0 bridgehead atoms. The van der Waals surface area contributed by atoms with Gasteiger partial charge in [0.05, 0.1) is 24.2 Å². The SMILES string of the molecule is Cn1cnc(COc2ccc(Cl)c3c2[C@@H](CN2Cc4ccccc4C2=O)N(C(=O)C2CCCCC2C(=O)O)CC3)c1C(F)F. The highest BCUT2D eigenvalue weighted by Crippen LogP contribution is 2.44. The van der Waals surface area contributed by atoms with E-state index in [4.69, 9.17) is 16.3 Å². The first-order valence-electron chi connectivity index (χ1n) is 14.8. The summed E-state index contributed by atoms with van der Waals surface area (Å²) in [6.45, 7) is 0.520. The third-order valence-corrected chi connectivity index (χ3v) is 9.53. The Bertz CT molecular complexity index is 1610. The maximum Gasteiger partial charge on any atom is 0.307 e. The number of amides is 2. The van der Waals surface area contributed by atoms with Crippen LogP contribution in [0, 0.1) is 11.8 Å². The average molecular weight is 627 g/mol. The highest BCUT2D eigenvalue weighted by Gasteiger charge is 2.44. The van der Waals surface area contributed by atoms with E-state index in [2.05, 4.69) is 4.98 Å². The Kier molecular flexibility index (Phi) is 8.32. The fraction of sp³-hybridized carbons (Fsp3) is 0.438. The number of benzene rings is 2. The second kappa shape index (κ2) is 12.2. The number of hydrogen-bond donors (Lipinski definition) is 1. The van der Waals surface area contributed by atoms with E-state index in [1.165, 1.54) is 17.9 Å². The largest absolute Gasteiger partial charge is 0.487 e. The molecule has 2 aliphatic heterocycles. The van der Waals surface area contributed by atoms with Gasteiger partial charge in [0.25, 0.3) is 12.3 Å². The van der Waals surface area contributed by atoms with Crippen molar-refractivity contribution < 1.29 is 33.0 Å². The molecule has 3 atom stereocenters. The van der Waals surface area contributed by atoms with E-state index in [1.807, 2.05) is 12.1 Å². The third kappa shape index (κ3) is 5.42. The van der Waals surface area contributed by atoms with Gasteiger partial charge in [-0.05, 0) is 48.6 Å². The van der Waals surface area contributed by atoms with Gasteiger partial charge in [0.15, 0.2) is 0 Å². The first-order valence-corrected chi connectivity index (χ1v) is 15.2. The molecule has 232 valence electrons. The van der Waals surface area contributed by atoms with Gasteiger partial charge in [-0.25, -0.2) is 13.8 Å². The highest BCUT2D eigenvalue weighted by molar-refractivity contribution is 6.31. The summed E-state index contributed by atoms with van der Waals surface area (Å²) in [6.07, 6.45) is 1.34. The first kappa shape index (κ1) is 30.1. The van der Waals surface area contributed by atoms with Crippen LogP contribution < -0.4 is 4.74 Å². The van der Waals surface area contributed by atoms with E-state index in [-0.39, 0.29) is 42.9 Å². The molecule has 3 aliphatic rings. The molecule has 3 aromatic rings. The van der Waals surface area contributed by atoms with E-state index < -0.39 is 30.3 Å². The minimum atomic E-state index is -2.75. The number of nitrogens with zero attached hydrogens (tertiary/aromatic N) is 4. The lowest BCUT2D eigenvalue weighted by Crippen LogP contribution is -2.50. The number of carboxylic acids is 1. The van der Waals surface area contributed by atoms with E-state index >= 15 is 0 Å². The maximum absolute atomic E-state index is 14.2. The van der Waals surface area contributed by atoms with Gasteiger partial charge in [-0.15, -0.1) is 0 Å². The zero-order chi connectivity index (χ0) is 31.1. The molecule has 0 spiro atoms. The van der Waals surface area contributed by atoms with Crippen molar-refractivity contribution in [3.63, 3.8) is 0 Å². The molecule has 12 heteroatoms. The quantitative estimate of drug-likeness (QED) is 0.351. The van der Waals surface area contributed by atoms with E-state index in [9.17, 15) is 28.3 Å². The first-order chi connectivity index (χ1) is 21.2. The zero-order valence-corrected chi connectivity index (χ0v) is 25.0. The Labute approximate surface area is 258 Å². The number of fused-ring (bicyclic) bond motifs is 2. The second-order valence-corrected chi connectivity index (χ2v) is 12.1. The van der Waals surface area contributed by atoms with Crippen LogP contribution in [0.4, 0.5) is 8.78 Å². The molecule has 9 nitrogen and oxygen atoms in total. The third-order valence-electron chi connectivity index (χ3n) is 9.18. The summed E-state index contributed by atoms with van der Waals surface area (Å²) in [5.74, 6) is -2.56. The topological polar surface area (TPSA) is 105 Å². The number of carbonyl (C=O) groups is 3. The number of rotatable bonds is 8. The molecular weight excluding hydrogens is 594 g/mol. The Morgan fingerprint density at radius 3 is 2.61 bits per heavy atom. The fourth-order valence-corrected chi connectivity index (χ4v) is 7.25. The van der Waals surface area contributed by atoms with Crippen LogP contribution in [0.25, 0.3) is 0 Å². The van der Waals surface area contributed by atoms with Gasteiger partial charge in [0.2, 0.25) is 5.91 Å². The van der Waals surface area contributed by atoms with E-state index in [0.717, 1.165) is 24.0 Å². The van der Waals surface area contributed by atoms with Crippen molar-refractivity contribution in [2.75, 3.05) is 13.1 Å². The molecule has 2 amide bonds. The summed E-state index contributed by atoms with van der Waals surface area (Å²) >= 11 is 6.69. The van der Waals surface area contributed by atoms with Gasteiger partial charge in [0.1, 0.15) is 23.7 Å². The number of aromatic nitrogens is 2. The van der Waals surface area contributed by atoms with Gasteiger partial charge >= 0.3 is 5.97 Å². The summed E-state index contributed by atoms with van der Waals surface area (Å²) < 4.78 is 34.9. The van der Waals surface area contributed by atoms with Crippen molar-refractivity contribution in [3.8, 4) is 5.75 Å². The summed E-state index contributed by atoms with van der Waals surface area (Å²) in [5.41, 5.74) is 2.65. The van der Waals surface area contributed by atoms with E-state index in [0.29, 0.717) is 47.7 Å². The standard InChI is InChI=1S/C32H33ClF2N4O5/c1-37-17-36-24(28(37)29(34)35)16-44-26-11-10-23(33)22-12-13-39(31(41)20-8-4-5-9-21(20)32(42)43)25(27(22)26)15-38-14-18-6-2-3-7-19(18)30(38)40/h2-3,6-7,10-11,17,20-21,25,29H,4-5,8-9,12-16H2,1H3,(H,42,43)/t20?,21?,25-/m1/s1. The van der Waals surface area contributed by atoms with Crippen molar-refractivity contribution in [1.82, 2.24) is 19.4 Å². The molecule has 3 heterocycles. The number of aliphatic carboxylic acids is 1. The number of halogens is 3. The van der Waals surface area contributed by atoms with Crippen LogP contribution in [0.1, 0.15) is 76.6 Å². The minimum absolute atomic E-state index is 0.0863. The predicted octanol–water partition coefficient (Wildman–Crippen LogP) is 5.56. The lowest BCUT2D eigenvalue weighted by Gasteiger charge is -2.43. The zero-order valence-electron chi connectivity index (χ0n) is 24.2. The molecular formula is C32H33ClF2N4O5. The predicted molar refractivity (Wildman–Crippen MR) is 156 cm³/mol. The van der Waals surface area contributed by atoms with Crippen molar-refractivity contribution in [3.05, 3.63) is 81.4 Å². The van der Waals surface area contributed by atoms with Gasteiger partial charge < -0.3 is 24.2 Å². The van der Waals surface area contributed by atoms with Crippen molar-refractivity contribution in [2.45, 2.75) is 57.7 Å².